The molecule has 2 saturated heterocycles. The number of hydrogen-bond acceptors (Lipinski definition) is 26. The first-order valence-corrected chi connectivity index (χ1v) is 20.1. The number of sulfone groups is 1. The third-order valence-corrected chi connectivity index (χ3v) is 9.38. The molecule has 0 bridgehead atoms. The number of imidazole rings is 2. The van der Waals surface area contributed by atoms with Crippen LogP contribution in [0.15, 0.2) is 17.8 Å². The first-order valence-electron chi connectivity index (χ1n) is 18.2. The molecule has 0 radical (unpaired) electrons. The lowest BCUT2D eigenvalue weighted by atomic mass is 10.1. The largest absolute Gasteiger partial charge is 0.463 e. The molecular formula is C36H44N12O16S. The van der Waals surface area contributed by atoms with Crippen LogP contribution in [-0.4, -0.2) is 139 Å². The molecule has 6 rings (SSSR count). The smallest absolute Gasteiger partial charge is 0.303 e. The fourth-order valence-electron chi connectivity index (χ4n) is 6.28. The zero-order valence-corrected chi connectivity index (χ0v) is 35.6. The number of esters is 6. The lowest BCUT2D eigenvalue weighted by Crippen LogP contribution is -2.40. The topological polar surface area (TPSA) is 397 Å². The van der Waals surface area contributed by atoms with Gasteiger partial charge in [-0.1, -0.05) is 7.43 Å². The van der Waals surface area contributed by atoms with Crippen molar-refractivity contribution in [2.45, 2.75) is 103 Å². The van der Waals surface area contributed by atoms with Crippen LogP contribution in [0.5, 0.6) is 0 Å². The maximum absolute atomic E-state index is 12.0. The van der Waals surface area contributed by atoms with E-state index in [1.807, 2.05) is 0 Å². The molecule has 0 saturated carbocycles. The number of nitrogen functional groups attached to an aromatic ring is 2. The Morgan fingerprint density at radius 1 is 0.662 bits per heavy atom. The number of nitriles is 2. The minimum absolute atomic E-state index is 0. The minimum atomic E-state index is -3.82. The van der Waals surface area contributed by atoms with E-state index in [4.69, 9.17) is 59.9 Å². The number of carbonyl (C=O) groups excluding carboxylic acids is 6. The monoisotopic (exact) mass is 932 g/mol. The van der Waals surface area contributed by atoms with Crippen molar-refractivity contribution >= 4 is 79.6 Å². The molecule has 4 aromatic rings. The number of fused-ring (bicyclic) bond motifs is 2. The van der Waals surface area contributed by atoms with E-state index in [1.54, 1.807) is 6.07 Å². The van der Waals surface area contributed by atoms with Crippen molar-refractivity contribution in [1.29, 1.82) is 10.5 Å². The van der Waals surface area contributed by atoms with Gasteiger partial charge in [0.1, 0.15) is 42.5 Å². The van der Waals surface area contributed by atoms with Gasteiger partial charge in [0.15, 0.2) is 59.8 Å². The number of hydrogen-bond donors (Lipinski definition) is 2. The number of aromatic nitrogens is 8. The van der Waals surface area contributed by atoms with Crippen LogP contribution < -0.4 is 11.5 Å². The molecule has 29 heteroatoms. The predicted octanol–water partition coefficient (Wildman–Crippen LogP) is -0.484. The summed E-state index contributed by atoms with van der Waals surface area (Å²) in [6, 6.07) is 1.79. The second kappa shape index (κ2) is 21.6. The van der Waals surface area contributed by atoms with Crippen LogP contribution in [0.25, 0.3) is 22.3 Å². The van der Waals surface area contributed by atoms with Gasteiger partial charge in [-0.15, -0.1) is 0 Å². The summed E-state index contributed by atoms with van der Waals surface area (Å²) in [5.41, 5.74) is 12.1. The summed E-state index contributed by atoms with van der Waals surface area (Å²) in [6.07, 6.45) is -5.28. The molecule has 0 unspecified atom stereocenters. The second-order valence-electron chi connectivity index (χ2n) is 13.4. The quantitative estimate of drug-likeness (QED) is 0.109. The molecule has 28 nitrogen and oxygen atoms in total. The van der Waals surface area contributed by atoms with Gasteiger partial charge in [-0.2, -0.15) is 25.2 Å². The number of carbonyl (C=O) groups is 6. The minimum Gasteiger partial charge on any atom is -0.463 e. The average Bonchev–Trinajstić information content (AvgIpc) is 3.97. The maximum atomic E-state index is 12.0. The third-order valence-electron chi connectivity index (χ3n) is 8.54. The predicted molar refractivity (Wildman–Crippen MR) is 214 cm³/mol. The van der Waals surface area contributed by atoms with Crippen LogP contribution in [0.4, 0.5) is 11.6 Å². The highest BCUT2D eigenvalue weighted by molar-refractivity contribution is 7.90. The molecule has 0 amide bonds. The van der Waals surface area contributed by atoms with Crippen molar-refractivity contribution < 1.29 is 75.1 Å². The Hall–Kier alpha value is -7.63. The summed E-state index contributed by atoms with van der Waals surface area (Å²) in [5, 5.41) is 15.1. The number of nitrogens with two attached hydrogens (primary N) is 2. The van der Waals surface area contributed by atoms with Gasteiger partial charge in [-0.05, 0) is 0 Å². The molecule has 0 aromatic carbocycles. The fourth-order valence-corrected chi connectivity index (χ4v) is 6.79. The van der Waals surface area contributed by atoms with E-state index in [1.165, 1.54) is 49.5 Å². The van der Waals surface area contributed by atoms with Crippen molar-refractivity contribution in [2.24, 2.45) is 0 Å². The molecule has 65 heavy (non-hydrogen) atoms. The van der Waals surface area contributed by atoms with E-state index in [0.29, 0.717) is 0 Å². The zero-order chi connectivity index (χ0) is 47.8. The molecule has 0 spiro atoms. The molecule has 4 N–H and O–H groups in total. The van der Waals surface area contributed by atoms with Crippen molar-refractivity contribution in [3.8, 4) is 12.6 Å². The Morgan fingerprint density at radius 3 is 1.38 bits per heavy atom. The Bertz CT molecular complexity index is 2630. The fraction of sp³-hybridized carbons (Fsp3) is 0.500. The summed E-state index contributed by atoms with van der Waals surface area (Å²) in [7, 11) is -3.82. The van der Waals surface area contributed by atoms with Crippen LogP contribution >= 0.6 is 0 Å². The van der Waals surface area contributed by atoms with Crippen molar-refractivity contribution in [3.63, 3.8) is 0 Å². The van der Waals surface area contributed by atoms with Crippen molar-refractivity contribution in [1.82, 2.24) is 39.0 Å². The Labute approximate surface area is 368 Å². The van der Waals surface area contributed by atoms with E-state index in [0.717, 1.165) is 20.1 Å². The summed E-state index contributed by atoms with van der Waals surface area (Å²) in [5.74, 6) is -4.28. The number of nitrogens with zero attached hydrogens (tertiary/aromatic N) is 10. The molecular weight excluding hydrogens is 889 g/mol. The Kier molecular flexibility index (Phi) is 17.2. The van der Waals surface area contributed by atoms with Gasteiger partial charge in [-0.25, -0.2) is 23.6 Å². The third kappa shape index (κ3) is 12.3. The first kappa shape index (κ1) is 51.7. The highest BCUT2D eigenvalue weighted by Crippen LogP contribution is 2.38. The van der Waals surface area contributed by atoms with Gasteiger partial charge in [0.25, 0.3) is 5.16 Å². The normalized spacial score (nSPS) is 22.0. The van der Waals surface area contributed by atoms with Crippen LogP contribution in [0.2, 0.25) is 0 Å². The maximum Gasteiger partial charge on any atom is 0.303 e. The van der Waals surface area contributed by atoms with E-state index in [9.17, 15) is 37.2 Å². The van der Waals surface area contributed by atoms with E-state index in [2.05, 4.69) is 36.5 Å². The Morgan fingerprint density at radius 2 is 1.03 bits per heavy atom. The Balaban J connectivity index is 0.000000328. The van der Waals surface area contributed by atoms with E-state index >= 15 is 0 Å². The van der Waals surface area contributed by atoms with Crippen LogP contribution in [-0.2, 0) is 76.5 Å². The van der Waals surface area contributed by atoms with Crippen LogP contribution in [0.1, 0.15) is 67.2 Å². The average molecular weight is 933 g/mol. The first-order chi connectivity index (χ1) is 30.1. The zero-order valence-electron chi connectivity index (χ0n) is 34.8. The van der Waals surface area contributed by atoms with Crippen LogP contribution in [0.3, 0.4) is 0 Å². The molecule has 2 aliphatic heterocycles. The van der Waals surface area contributed by atoms with Gasteiger partial charge in [0, 0.05) is 54.4 Å². The molecule has 8 atom stereocenters. The standard InChI is InChI=1S/C17H18N6O7.C17H21N5O9S.CHN.CH4/c1-7(24)27-5-10-13(28-8(2)25)14(29-9(3)26)17(30-10)23-6-20-12-15(19)21-11(4-18)22-16(12)23;1-7(23)28-5-10-12(29-8(2)24)13(30-9(3)25)16(31-10)22-6-19-11-14(18)20-17(21-15(11)22)32(4,26)27;1-2;/h6,10,13-14,17H,5H2,1-3H3,(H2,19,21,22);6,10,12-13,16H,5H2,1-4H3,(H2,18,20,21);1H;1H4/t10-,13-,14-,17-;10-,12-,13-,16-;;/m11../s1. The van der Waals surface area contributed by atoms with Gasteiger partial charge < -0.3 is 49.4 Å². The second-order valence-corrected chi connectivity index (χ2v) is 15.3. The van der Waals surface area contributed by atoms with Gasteiger partial charge in [0.05, 0.1) is 12.7 Å². The van der Waals surface area contributed by atoms with E-state index in [-0.39, 0.29) is 60.4 Å². The van der Waals surface area contributed by atoms with Crippen LogP contribution in [0, 0.1) is 23.2 Å². The molecule has 350 valence electrons. The lowest BCUT2D eigenvalue weighted by Gasteiger charge is -2.23. The van der Waals surface area contributed by atoms with E-state index < -0.39 is 99.9 Å². The number of rotatable bonds is 11. The molecule has 6 heterocycles. The summed E-state index contributed by atoms with van der Waals surface area (Å²) in [4.78, 5) is 93.2. The summed E-state index contributed by atoms with van der Waals surface area (Å²) < 4.78 is 69.7. The summed E-state index contributed by atoms with van der Waals surface area (Å²) in [6.45, 7) is 10.0. The number of ether oxygens (including phenoxy) is 8. The number of anilines is 2. The molecule has 0 aliphatic carbocycles. The molecule has 4 aromatic heterocycles. The highest BCUT2D eigenvalue weighted by atomic mass is 32.2. The highest BCUT2D eigenvalue weighted by Gasteiger charge is 2.52. The lowest BCUT2D eigenvalue weighted by molar-refractivity contribution is -0.166. The van der Waals surface area contributed by atoms with Gasteiger partial charge in [0.2, 0.25) is 15.7 Å². The summed E-state index contributed by atoms with van der Waals surface area (Å²) >= 11 is 0. The molecule has 2 fully saturated rings. The van der Waals surface area contributed by atoms with Crippen molar-refractivity contribution in [2.75, 3.05) is 30.9 Å². The van der Waals surface area contributed by atoms with Gasteiger partial charge >= 0.3 is 35.8 Å². The van der Waals surface area contributed by atoms with Gasteiger partial charge in [-0.3, -0.25) is 37.9 Å². The SMILES string of the molecule is C.C#N.CC(=O)OC[C@H]1O[C@@H](n2cnc3c(N)nc(C#N)nc32)[C@H](OC(C)=O)[C@@H]1OC(C)=O.CC(=O)OC[C@H]1O[C@@H](n2cnc3c(N)nc(S(C)(=O)=O)nc32)[C@H](OC(C)=O)[C@@H]1OC(C)=O. The molecule has 2 aliphatic rings. The van der Waals surface area contributed by atoms with Crippen molar-refractivity contribution in [3.05, 3.63) is 18.5 Å².